The molecule has 6 nitrogen and oxygen atoms in total. The highest BCUT2D eigenvalue weighted by Gasteiger charge is 2.07. The Morgan fingerprint density at radius 3 is 2.78 bits per heavy atom. The van der Waals surface area contributed by atoms with E-state index in [1.54, 1.807) is 16.9 Å². The van der Waals surface area contributed by atoms with E-state index < -0.39 is 0 Å². The summed E-state index contributed by atoms with van der Waals surface area (Å²) in [7, 11) is 0. The molecule has 0 radical (unpaired) electrons. The molecule has 27 heavy (non-hydrogen) atoms. The molecule has 0 bridgehead atoms. The number of hydrogen-bond donors (Lipinski definition) is 1. The van der Waals surface area contributed by atoms with Crippen molar-refractivity contribution >= 4 is 11.6 Å². The van der Waals surface area contributed by atoms with Crippen LogP contribution in [0.2, 0.25) is 0 Å². The predicted octanol–water partition coefficient (Wildman–Crippen LogP) is 3.60. The number of ether oxygens (including phenoxy) is 2. The maximum absolute atomic E-state index is 12.2. The summed E-state index contributed by atoms with van der Waals surface area (Å²) < 4.78 is 13.1. The van der Waals surface area contributed by atoms with Crippen molar-refractivity contribution < 1.29 is 14.3 Å². The minimum atomic E-state index is -0.219. The number of amides is 1. The van der Waals surface area contributed by atoms with Crippen LogP contribution in [0.4, 0.5) is 5.69 Å². The fourth-order valence-corrected chi connectivity index (χ4v) is 2.66. The van der Waals surface area contributed by atoms with Crippen LogP contribution in [0.1, 0.15) is 11.1 Å². The van der Waals surface area contributed by atoms with E-state index >= 15 is 0 Å². The zero-order valence-corrected chi connectivity index (χ0v) is 15.5. The van der Waals surface area contributed by atoms with E-state index in [0.29, 0.717) is 30.3 Å². The molecule has 1 N–H and O–H groups in total. The normalized spacial score (nSPS) is 10.4. The summed E-state index contributed by atoms with van der Waals surface area (Å²) in [5.41, 5.74) is 2.84. The van der Waals surface area contributed by atoms with Crippen LogP contribution in [-0.2, 0) is 11.3 Å². The van der Waals surface area contributed by atoms with Crippen molar-refractivity contribution in [2.75, 3.05) is 18.5 Å². The number of nitrogens with one attached hydrogen (secondary N) is 1. The number of hydrogen-bond acceptors (Lipinski definition) is 4. The van der Waals surface area contributed by atoms with Gasteiger partial charge in [0.15, 0.2) is 6.61 Å². The SMILES string of the molecule is Cc1ccc(OCC(=O)Nc2cccc(OCCn3cccn3)c2)c(C)c1. The van der Waals surface area contributed by atoms with Gasteiger partial charge in [0.1, 0.15) is 18.1 Å². The summed E-state index contributed by atoms with van der Waals surface area (Å²) in [6.45, 7) is 5.09. The van der Waals surface area contributed by atoms with Gasteiger partial charge in [0, 0.05) is 24.1 Å². The van der Waals surface area contributed by atoms with Gasteiger partial charge in [-0.15, -0.1) is 0 Å². The van der Waals surface area contributed by atoms with Gasteiger partial charge < -0.3 is 14.8 Å². The molecule has 0 saturated carbocycles. The van der Waals surface area contributed by atoms with Gasteiger partial charge in [-0.2, -0.15) is 5.10 Å². The van der Waals surface area contributed by atoms with Crippen LogP contribution >= 0.6 is 0 Å². The molecule has 3 aromatic rings. The molecule has 1 amide bonds. The van der Waals surface area contributed by atoms with Crippen LogP contribution in [0.3, 0.4) is 0 Å². The molecular weight excluding hydrogens is 342 g/mol. The number of aromatic nitrogens is 2. The van der Waals surface area contributed by atoms with Crippen molar-refractivity contribution in [1.29, 1.82) is 0 Å². The molecule has 0 aliphatic carbocycles. The summed E-state index contributed by atoms with van der Waals surface area (Å²) >= 11 is 0. The lowest BCUT2D eigenvalue weighted by molar-refractivity contribution is -0.118. The van der Waals surface area contributed by atoms with Gasteiger partial charge in [0.25, 0.3) is 5.91 Å². The molecule has 0 saturated heterocycles. The van der Waals surface area contributed by atoms with Crippen molar-refractivity contribution in [3.63, 3.8) is 0 Å². The number of aryl methyl sites for hydroxylation is 2. The topological polar surface area (TPSA) is 65.4 Å². The Labute approximate surface area is 158 Å². The standard InChI is InChI=1S/C21H23N3O3/c1-16-7-8-20(17(2)13-16)27-15-21(25)23-18-5-3-6-19(14-18)26-12-11-24-10-4-9-22-24/h3-10,13-14H,11-12,15H2,1-2H3,(H,23,25). The number of carbonyl (C=O) groups is 1. The van der Waals surface area contributed by atoms with Crippen molar-refractivity contribution in [3.8, 4) is 11.5 Å². The van der Waals surface area contributed by atoms with Gasteiger partial charge >= 0.3 is 0 Å². The van der Waals surface area contributed by atoms with E-state index in [2.05, 4.69) is 10.4 Å². The number of benzene rings is 2. The Morgan fingerprint density at radius 1 is 1.11 bits per heavy atom. The van der Waals surface area contributed by atoms with Crippen LogP contribution < -0.4 is 14.8 Å². The fraction of sp³-hybridized carbons (Fsp3) is 0.238. The highest BCUT2D eigenvalue weighted by molar-refractivity contribution is 5.92. The lowest BCUT2D eigenvalue weighted by Crippen LogP contribution is -2.20. The first kappa shape index (κ1) is 18.5. The summed E-state index contributed by atoms with van der Waals surface area (Å²) in [5, 5.41) is 6.95. The van der Waals surface area contributed by atoms with E-state index in [4.69, 9.17) is 9.47 Å². The minimum absolute atomic E-state index is 0.0473. The highest BCUT2D eigenvalue weighted by atomic mass is 16.5. The number of anilines is 1. The first-order chi connectivity index (χ1) is 13.1. The monoisotopic (exact) mass is 365 g/mol. The minimum Gasteiger partial charge on any atom is -0.492 e. The third-order valence-corrected chi connectivity index (χ3v) is 3.96. The van der Waals surface area contributed by atoms with Crippen LogP contribution in [0.15, 0.2) is 60.9 Å². The van der Waals surface area contributed by atoms with Crippen molar-refractivity contribution in [2.24, 2.45) is 0 Å². The largest absolute Gasteiger partial charge is 0.492 e. The average molecular weight is 365 g/mol. The number of nitrogens with zero attached hydrogens (tertiary/aromatic N) is 2. The zero-order valence-electron chi connectivity index (χ0n) is 15.5. The molecule has 2 aromatic carbocycles. The smallest absolute Gasteiger partial charge is 0.262 e. The molecular formula is C21H23N3O3. The lowest BCUT2D eigenvalue weighted by Gasteiger charge is -2.11. The van der Waals surface area contributed by atoms with Crippen LogP contribution in [-0.4, -0.2) is 28.9 Å². The van der Waals surface area contributed by atoms with Gasteiger partial charge in [-0.05, 0) is 43.7 Å². The maximum atomic E-state index is 12.2. The Hall–Kier alpha value is -3.28. The summed E-state index contributed by atoms with van der Waals surface area (Å²) in [4.78, 5) is 12.2. The van der Waals surface area contributed by atoms with Gasteiger partial charge in [-0.1, -0.05) is 23.8 Å². The molecule has 1 aromatic heterocycles. The van der Waals surface area contributed by atoms with Crippen molar-refractivity contribution in [3.05, 3.63) is 72.1 Å². The highest BCUT2D eigenvalue weighted by Crippen LogP contribution is 2.20. The molecule has 1 heterocycles. The second-order valence-corrected chi connectivity index (χ2v) is 6.25. The third kappa shape index (κ3) is 5.60. The molecule has 0 aliphatic heterocycles. The van der Waals surface area contributed by atoms with Gasteiger partial charge in [-0.25, -0.2) is 0 Å². The Morgan fingerprint density at radius 2 is 2.00 bits per heavy atom. The molecule has 0 fully saturated rings. The quantitative estimate of drug-likeness (QED) is 0.662. The molecule has 0 unspecified atom stereocenters. The van der Waals surface area contributed by atoms with Crippen molar-refractivity contribution in [1.82, 2.24) is 9.78 Å². The molecule has 6 heteroatoms. The second-order valence-electron chi connectivity index (χ2n) is 6.25. The summed E-state index contributed by atoms with van der Waals surface area (Å²) in [6.07, 6.45) is 3.62. The Kier molecular flexibility index (Phi) is 6.10. The van der Waals surface area contributed by atoms with E-state index in [9.17, 15) is 4.79 Å². The second kappa shape index (κ2) is 8.89. The van der Waals surface area contributed by atoms with Crippen LogP contribution in [0.25, 0.3) is 0 Å². The van der Waals surface area contributed by atoms with Crippen LogP contribution in [0.5, 0.6) is 11.5 Å². The predicted molar refractivity (Wildman–Crippen MR) is 104 cm³/mol. The average Bonchev–Trinajstić information content (AvgIpc) is 3.15. The van der Waals surface area contributed by atoms with E-state index in [1.807, 2.05) is 62.5 Å². The molecule has 0 spiro atoms. The van der Waals surface area contributed by atoms with Gasteiger partial charge in [0.2, 0.25) is 0 Å². The maximum Gasteiger partial charge on any atom is 0.262 e. The lowest BCUT2D eigenvalue weighted by atomic mass is 10.1. The van der Waals surface area contributed by atoms with Crippen LogP contribution in [0, 0.1) is 13.8 Å². The van der Waals surface area contributed by atoms with Gasteiger partial charge in [0.05, 0.1) is 6.54 Å². The molecule has 0 atom stereocenters. The summed E-state index contributed by atoms with van der Waals surface area (Å²) in [6, 6.07) is 15.0. The molecule has 0 aliphatic rings. The first-order valence-corrected chi connectivity index (χ1v) is 8.80. The van der Waals surface area contributed by atoms with E-state index in [0.717, 1.165) is 11.1 Å². The Balaban J connectivity index is 1.48. The van der Waals surface area contributed by atoms with Gasteiger partial charge in [-0.3, -0.25) is 9.48 Å². The van der Waals surface area contributed by atoms with Crippen molar-refractivity contribution in [2.45, 2.75) is 20.4 Å². The zero-order chi connectivity index (χ0) is 19.1. The number of rotatable bonds is 8. The third-order valence-electron chi connectivity index (χ3n) is 3.96. The van der Waals surface area contributed by atoms with E-state index in [-0.39, 0.29) is 12.5 Å². The van der Waals surface area contributed by atoms with E-state index in [1.165, 1.54) is 0 Å². The molecule has 140 valence electrons. The number of carbonyl (C=O) groups excluding carboxylic acids is 1. The Bertz CT molecular complexity index is 891. The fourth-order valence-electron chi connectivity index (χ4n) is 2.66. The molecule has 3 rings (SSSR count). The first-order valence-electron chi connectivity index (χ1n) is 8.80. The summed E-state index contributed by atoms with van der Waals surface area (Å²) in [5.74, 6) is 1.19.